The summed E-state index contributed by atoms with van der Waals surface area (Å²) >= 11 is 0. The molecule has 1 aromatic rings. The number of halogens is 1. The molecule has 1 atom stereocenters. The molecule has 0 spiro atoms. The minimum absolute atomic E-state index is 0.0709. The predicted octanol–water partition coefficient (Wildman–Crippen LogP) is 1.45. The van der Waals surface area contributed by atoms with Crippen LogP contribution in [0, 0.1) is 21.8 Å². The van der Waals surface area contributed by atoms with Crippen LogP contribution in [0.25, 0.3) is 0 Å². The molecule has 0 aliphatic carbocycles. The van der Waals surface area contributed by atoms with Gasteiger partial charge >= 0.3 is 0 Å². The lowest BCUT2D eigenvalue weighted by atomic mass is 10.0. The summed E-state index contributed by atoms with van der Waals surface area (Å²) in [7, 11) is 0. The Balaban J connectivity index is 3.05. The van der Waals surface area contributed by atoms with Crippen LogP contribution in [0.3, 0.4) is 0 Å². The second-order valence-corrected chi connectivity index (χ2v) is 4.48. The van der Waals surface area contributed by atoms with E-state index in [1.807, 2.05) is 13.8 Å². The lowest BCUT2D eigenvalue weighted by Gasteiger charge is -2.20. The van der Waals surface area contributed by atoms with E-state index in [4.69, 9.17) is 5.73 Å². The maximum Gasteiger partial charge on any atom is 0.282 e. The molecule has 0 aliphatic rings. The maximum absolute atomic E-state index is 13.1. The molecule has 19 heavy (non-hydrogen) atoms. The van der Waals surface area contributed by atoms with E-state index in [9.17, 15) is 19.3 Å². The lowest BCUT2D eigenvalue weighted by Crippen LogP contribution is -2.43. The van der Waals surface area contributed by atoms with E-state index in [1.54, 1.807) is 0 Å². The van der Waals surface area contributed by atoms with Gasteiger partial charge in [-0.25, -0.2) is 4.39 Å². The van der Waals surface area contributed by atoms with Crippen LogP contribution in [0.2, 0.25) is 0 Å². The van der Waals surface area contributed by atoms with E-state index >= 15 is 0 Å². The molecule has 0 fully saturated rings. The number of carbonyl (C=O) groups is 1. The fourth-order valence-electron chi connectivity index (χ4n) is 1.59. The first-order valence-electron chi connectivity index (χ1n) is 5.81. The molecule has 0 saturated carbocycles. The van der Waals surface area contributed by atoms with Crippen molar-refractivity contribution < 1.29 is 14.1 Å². The fraction of sp³-hybridized carbons (Fsp3) is 0.417. The van der Waals surface area contributed by atoms with E-state index in [0.29, 0.717) is 0 Å². The van der Waals surface area contributed by atoms with Crippen molar-refractivity contribution in [2.75, 3.05) is 6.54 Å². The number of hydrogen-bond donors (Lipinski definition) is 2. The summed E-state index contributed by atoms with van der Waals surface area (Å²) in [4.78, 5) is 22.0. The van der Waals surface area contributed by atoms with Gasteiger partial charge in [-0.2, -0.15) is 0 Å². The van der Waals surface area contributed by atoms with Crippen LogP contribution in [0.4, 0.5) is 10.1 Å². The zero-order chi connectivity index (χ0) is 14.6. The van der Waals surface area contributed by atoms with Gasteiger partial charge in [-0.05, 0) is 18.1 Å². The van der Waals surface area contributed by atoms with Crippen molar-refractivity contribution >= 4 is 11.6 Å². The Morgan fingerprint density at radius 2 is 2.16 bits per heavy atom. The first-order valence-corrected chi connectivity index (χ1v) is 5.81. The molecule has 1 rings (SSSR count). The third kappa shape index (κ3) is 3.72. The highest BCUT2D eigenvalue weighted by Crippen LogP contribution is 2.19. The number of carbonyl (C=O) groups excluding carboxylic acids is 1. The molecule has 1 aromatic carbocycles. The number of rotatable bonds is 5. The van der Waals surface area contributed by atoms with Crippen molar-refractivity contribution in [1.82, 2.24) is 5.32 Å². The summed E-state index contributed by atoms with van der Waals surface area (Å²) in [5.74, 6) is -1.33. The summed E-state index contributed by atoms with van der Waals surface area (Å²) in [5.41, 5.74) is 4.77. The van der Waals surface area contributed by atoms with Gasteiger partial charge in [-0.15, -0.1) is 0 Å². The van der Waals surface area contributed by atoms with Gasteiger partial charge < -0.3 is 11.1 Å². The van der Waals surface area contributed by atoms with E-state index < -0.39 is 22.3 Å². The van der Waals surface area contributed by atoms with Crippen LogP contribution in [0.5, 0.6) is 0 Å². The number of nitrogens with one attached hydrogen (secondary N) is 1. The third-order valence-corrected chi connectivity index (χ3v) is 2.78. The molecular formula is C12H16FN3O3. The van der Waals surface area contributed by atoms with E-state index in [1.165, 1.54) is 0 Å². The van der Waals surface area contributed by atoms with Crippen molar-refractivity contribution in [2.24, 2.45) is 11.7 Å². The molecule has 0 saturated heterocycles. The Labute approximate surface area is 109 Å². The molecule has 6 nitrogen and oxygen atoms in total. The second-order valence-electron chi connectivity index (χ2n) is 4.48. The molecule has 1 amide bonds. The minimum Gasteiger partial charge on any atom is -0.348 e. The highest BCUT2D eigenvalue weighted by molar-refractivity contribution is 5.98. The number of nitro groups is 1. The number of benzene rings is 1. The molecule has 0 radical (unpaired) electrons. The maximum atomic E-state index is 13.1. The number of amides is 1. The Morgan fingerprint density at radius 3 is 2.63 bits per heavy atom. The van der Waals surface area contributed by atoms with Gasteiger partial charge in [-0.1, -0.05) is 13.8 Å². The molecule has 104 valence electrons. The molecule has 0 aromatic heterocycles. The highest BCUT2D eigenvalue weighted by atomic mass is 19.1. The SMILES string of the molecule is CC(C)C(CN)NC(=O)c1cc(F)ccc1[N+](=O)[O-]. The Kier molecular flexibility index (Phi) is 4.94. The number of nitro benzene ring substituents is 1. The van der Waals surface area contributed by atoms with Gasteiger partial charge in [0.2, 0.25) is 0 Å². The lowest BCUT2D eigenvalue weighted by molar-refractivity contribution is -0.385. The van der Waals surface area contributed by atoms with Crippen LogP contribution < -0.4 is 11.1 Å². The van der Waals surface area contributed by atoms with Crippen molar-refractivity contribution in [2.45, 2.75) is 19.9 Å². The molecule has 0 heterocycles. The Bertz CT molecular complexity index is 491. The number of nitrogens with zero attached hydrogens (tertiary/aromatic N) is 1. The minimum atomic E-state index is -0.721. The quantitative estimate of drug-likeness (QED) is 0.624. The van der Waals surface area contributed by atoms with E-state index in [-0.39, 0.29) is 24.1 Å². The van der Waals surface area contributed by atoms with Crippen LogP contribution in [-0.4, -0.2) is 23.4 Å². The molecule has 0 bridgehead atoms. The zero-order valence-electron chi connectivity index (χ0n) is 10.7. The average molecular weight is 269 g/mol. The molecule has 7 heteroatoms. The molecule has 0 aliphatic heterocycles. The second kappa shape index (κ2) is 6.24. The number of hydrogen-bond acceptors (Lipinski definition) is 4. The van der Waals surface area contributed by atoms with Crippen LogP contribution >= 0.6 is 0 Å². The summed E-state index contributed by atoms with van der Waals surface area (Å²) in [5, 5.41) is 13.4. The standard InChI is InChI=1S/C12H16FN3O3/c1-7(2)10(6-14)15-12(17)9-5-8(13)3-4-11(9)16(18)19/h3-5,7,10H,6,14H2,1-2H3,(H,15,17). The monoisotopic (exact) mass is 269 g/mol. The average Bonchev–Trinajstić information content (AvgIpc) is 2.34. The summed E-state index contributed by atoms with van der Waals surface area (Å²) in [6.07, 6.45) is 0. The van der Waals surface area contributed by atoms with Crippen LogP contribution in [-0.2, 0) is 0 Å². The largest absolute Gasteiger partial charge is 0.348 e. The summed E-state index contributed by atoms with van der Waals surface area (Å²) in [6, 6.07) is 2.44. The Morgan fingerprint density at radius 1 is 1.53 bits per heavy atom. The van der Waals surface area contributed by atoms with Gasteiger partial charge in [0.15, 0.2) is 0 Å². The highest BCUT2D eigenvalue weighted by Gasteiger charge is 2.23. The zero-order valence-corrected chi connectivity index (χ0v) is 10.7. The third-order valence-electron chi connectivity index (χ3n) is 2.78. The molecular weight excluding hydrogens is 253 g/mol. The van der Waals surface area contributed by atoms with Gasteiger partial charge in [0.05, 0.1) is 4.92 Å². The van der Waals surface area contributed by atoms with E-state index in [0.717, 1.165) is 18.2 Å². The topological polar surface area (TPSA) is 98.3 Å². The van der Waals surface area contributed by atoms with E-state index in [2.05, 4.69) is 5.32 Å². The van der Waals surface area contributed by atoms with Crippen LogP contribution in [0.1, 0.15) is 24.2 Å². The van der Waals surface area contributed by atoms with Crippen molar-refractivity contribution in [3.8, 4) is 0 Å². The predicted molar refractivity (Wildman–Crippen MR) is 68.2 cm³/mol. The molecule has 1 unspecified atom stereocenters. The van der Waals surface area contributed by atoms with Gasteiger partial charge in [0, 0.05) is 18.7 Å². The van der Waals surface area contributed by atoms with Crippen LogP contribution in [0.15, 0.2) is 18.2 Å². The van der Waals surface area contributed by atoms with Crippen molar-refractivity contribution in [3.05, 3.63) is 39.7 Å². The number of nitrogens with two attached hydrogens (primary N) is 1. The van der Waals surface area contributed by atoms with Gasteiger partial charge in [0.1, 0.15) is 11.4 Å². The normalized spacial score (nSPS) is 12.3. The van der Waals surface area contributed by atoms with Gasteiger partial charge in [-0.3, -0.25) is 14.9 Å². The summed E-state index contributed by atoms with van der Waals surface area (Å²) < 4.78 is 13.1. The Hall–Kier alpha value is -2.02. The van der Waals surface area contributed by atoms with Crippen molar-refractivity contribution in [1.29, 1.82) is 0 Å². The fourth-order valence-corrected chi connectivity index (χ4v) is 1.59. The summed E-state index contributed by atoms with van der Waals surface area (Å²) in [6.45, 7) is 3.92. The first kappa shape index (κ1) is 15.0. The van der Waals surface area contributed by atoms with Crippen molar-refractivity contribution in [3.63, 3.8) is 0 Å². The smallest absolute Gasteiger partial charge is 0.282 e. The molecule has 3 N–H and O–H groups in total. The van der Waals surface area contributed by atoms with Gasteiger partial charge in [0.25, 0.3) is 11.6 Å². The first-order chi connectivity index (χ1) is 8.86.